The van der Waals surface area contributed by atoms with Gasteiger partial charge < -0.3 is 4.74 Å². The van der Waals surface area contributed by atoms with E-state index in [4.69, 9.17) is 4.74 Å². The van der Waals surface area contributed by atoms with Crippen LogP contribution >= 0.6 is 11.8 Å². The predicted molar refractivity (Wildman–Crippen MR) is 76.5 cm³/mol. The van der Waals surface area contributed by atoms with Crippen molar-refractivity contribution in [1.82, 2.24) is 0 Å². The molecule has 0 aromatic rings. The minimum Gasteiger partial charge on any atom is -0.501 e. The molecule has 1 aliphatic heterocycles. The Hall–Kier alpha value is -0.110. The van der Waals surface area contributed by atoms with Gasteiger partial charge in [-0.05, 0) is 56.3 Å². The summed E-state index contributed by atoms with van der Waals surface area (Å²) in [5.74, 6) is 1.34. The fraction of sp³-hybridized carbons (Fsp3) is 0.867. The maximum Gasteiger partial charge on any atom is 0.0886 e. The highest BCUT2D eigenvalue weighted by Gasteiger charge is 2.26. The third-order valence-corrected chi connectivity index (χ3v) is 5.64. The Morgan fingerprint density at radius 3 is 2.71 bits per heavy atom. The van der Waals surface area contributed by atoms with Gasteiger partial charge in [-0.2, -0.15) is 11.8 Å². The zero-order valence-corrected chi connectivity index (χ0v) is 12.0. The topological polar surface area (TPSA) is 9.23 Å². The fourth-order valence-corrected chi connectivity index (χ4v) is 4.12. The standard InChI is InChI=1S/C15H26OS/c1-15(9-5-6-12-17-15)10-11-16-13-14-7-3-2-4-8-14/h13H,2-12H2,1H3. The van der Waals surface area contributed by atoms with Gasteiger partial charge in [0, 0.05) is 4.75 Å². The molecule has 1 unspecified atom stereocenters. The van der Waals surface area contributed by atoms with Gasteiger partial charge in [0.15, 0.2) is 0 Å². The predicted octanol–water partition coefficient (Wildman–Crippen LogP) is 4.92. The second-order valence-corrected chi connectivity index (χ2v) is 7.40. The fourth-order valence-electron chi connectivity index (χ4n) is 2.76. The van der Waals surface area contributed by atoms with E-state index in [1.54, 1.807) is 0 Å². The van der Waals surface area contributed by atoms with Crippen LogP contribution in [0.2, 0.25) is 0 Å². The average molecular weight is 254 g/mol. The van der Waals surface area contributed by atoms with Gasteiger partial charge in [-0.3, -0.25) is 0 Å². The SMILES string of the molecule is CC1(CCOC=C2CCCCC2)CCCCS1. The van der Waals surface area contributed by atoms with Crippen molar-refractivity contribution in [1.29, 1.82) is 0 Å². The molecule has 0 aromatic carbocycles. The second-order valence-electron chi connectivity index (χ2n) is 5.71. The van der Waals surface area contributed by atoms with Gasteiger partial charge in [-0.15, -0.1) is 0 Å². The Labute approximate surface area is 110 Å². The number of hydrogen-bond acceptors (Lipinski definition) is 2. The normalized spacial score (nSPS) is 30.1. The molecule has 0 bridgehead atoms. The minimum absolute atomic E-state index is 0.489. The second kappa shape index (κ2) is 6.72. The molecule has 98 valence electrons. The molecule has 1 aliphatic carbocycles. The van der Waals surface area contributed by atoms with Crippen LogP contribution in [0.15, 0.2) is 11.8 Å². The van der Waals surface area contributed by atoms with Gasteiger partial charge in [-0.1, -0.05) is 19.8 Å². The highest BCUT2D eigenvalue weighted by atomic mass is 32.2. The Balaban J connectivity index is 1.64. The Bertz CT molecular complexity index is 246. The van der Waals surface area contributed by atoms with E-state index >= 15 is 0 Å². The Kier molecular flexibility index (Phi) is 5.27. The first-order valence-corrected chi connectivity index (χ1v) is 8.21. The van der Waals surface area contributed by atoms with Crippen molar-refractivity contribution in [3.05, 3.63) is 11.8 Å². The van der Waals surface area contributed by atoms with Gasteiger partial charge >= 0.3 is 0 Å². The summed E-state index contributed by atoms with van der Waals surface area (Å²) >= 11 is 2.15. The molecular weight excluding hydrogens is 228 g/mol. The molecule has 1 nitrogen and oxygen atoms in total. The first kappa shape index (κ1) is 13.3. The third kappa shape index (κ3) is 4.57. The smallest absolute Gasteiger partial charge is 0.0886 e. The van der Waals surface area contributed by atoms with E-state index in [0.717, 1.165) is 6.61 Å². The van der Waals surface area contributed by atoms with E-state index < -0.39 is 0 Å². The summed E-state index contributed by atoms with van der Waals surface area (Å²) in [6.45, 7) is 3.32. The Morgan fingerprint density at radius 2 is 2.00 bits per heavy atom. The first-order valence-electron chi connectivity index (χ1n) is 7.22. The maximum absolute atomic E-state index is 5.77. The number of hydrogen-bond donors (Lipinski definition) is 0. The molecule has 2 rings (SSSR count). The van der Waals surface area contributed by atoms with Crippen LogP contribution in [0, 0.1) is 0 Å². The van der Waals surface area contributed by atoms with E-state index in [-0.39, 0.29) is 0 Å². The summed E-state index contributed by atoms with van der Waals surface area (Å²) in [6, 6.07) is 0. The highest BCUT2D eigenvalue weighted by molar-refractivity contribution is 8.00. The van der Waals surface area contributed by atoms with E-state index in [0.29, 0.717) is 4.75 Å². The molecule has 2 fully saturated rings. The van der Waals surface area contributed by atoms with Crippen molar-refractivity contribution in [2.75, 3.05) is 12.4 Å². The molecule has 0 aromatic heterocycles. The van der Waals surface area contributed by atoms with Crippen LogP contribution in [-0.2, 0) is 4.74 Å². The molecule has 0 spiro atoms. The average Bonchev–Trinajstić information content (AvgIpc) is 2.37. The lowest BCUT2D eigenvalue weighted by molar-refractivity contribution is 0.223. The molecule has 1 saturated heterocycles. The molecule has 17 heavy (non-hydrogen) atoms. The van der Waals surface area contributed by atoms with Crippen LogP contribution in [0.3, 0.4) is 0 Å². The summed E-state index contributed by atoms with van der Waals surface area (Å²) in [4.78, 5) is 0. The van der Waals surface area contributed by atoms with Gasteiger partial charge in [0.05, 0.1) is 12.9 Å². The van der Waals surface area contributed by atoms with Gasteiger partial charge in [0.25, 0.3) is 0 Å². The Morgan fingerprint density at radius 1 is 1.18 bits per heavy atom. The monoisotopic (exact) mass is 254 g/mol. The minimum atomic E-state index is 0.489. The van der Waals surface area contributed by atoms with Crippen molar-refractivity contribution >= 4 is 11.8 Å². The lowest BCUT2D eigenvalue weighted by atomic mass is 9.96. The van der Waals surface area contributed by atoms with Crippen molar-refractivity contribution in [3.8, 4) is 0 Å². The van der Waals surface area contributed by atoms with Crippen LogP contribution in [0.25, 0.3) is 0 Å². The molecule has 0 amide bonds. The molecule has 1 heterocycles. The molecule has 2 heteroatoms. The first-order chi connectivity index (χ1) is 8.29. The summed E-state index contributed by atoms with van der Waals surface area (Å²) in [5, 5.41) is 0. The van der Waals surface area contributed by atoms with E-state index in [2.05, 4.69) is 24.9 Å². The van der Waals surface area contributed by atoms with E-state index in [1.807, 2.05) is 0 Å². The van der Waals surface area contributed by atoms with Crippen LogP contribution < -0.4 is 0 Å². The summed E-state index contributed by atoms with van der Waals surface area (Å²) in [5.41, 5.74) is 1.54. The molecule has 1 saturated carbocycles. The lowest BCUT2D eigenvalue weighted by Gasteiger charge is -2.32. The van der Waals surface area contributed by atoms with Gasteiger partial charge in [0.1, 0.15) is 0 Å². The summed E-state index contributed by atoms with van der Waals surface area (Å²) in [7, 11) is 0. The largest absolute Gasteiger partial charge is 0.501 e. The van der Waals surface area contributed by atoms with Gasteiger partial charge in [-0.25, -0.2) is 0 Å². The molecule has 0 N–H and O–H groups in total. The quantitative estimate of drug-likeness (QED) is 0.520. The summed E-state index contributed by atoms with van der Waals surface area (Å²) in [6.07, 6.45) is 14.1. The van der Waals surface area contributed by atoms with Crippen LogP contribution in [0.1, 0.15) is 64.7 Å². The van der Waals surface area contributed by atoms with Gasteiger partial charge in [0.2, 0.25) is 0 Å². The maximum atomic E-state index is 5.77. The molecule has 0 radical (unpaired) electrons. The van der Waals surface area contributed by atoms with Crippen molar-refractivity contribution < 1.29 is 4.74 Å². The zero-order chi connectivity index (χ0) is 12.0. The lowest BCUT2D eigenvalue weighted by Crippen LogP contribution is -2.25. The molecular formula is C15H26OS. The van der Waals surface area contributed by atoms with Crippen LogP contribution in [0.5, 0.6) is 0 Å². The van der Waals surface area contributed by atoms with Crippen LogP contribution in [-0.4, -0.2) is 17.1 Å². The molecule has 2 aliphatic rings. The molecule has 1 atom stereocenters. The van der Waals surface area contributed by atoms with Crippen molar-refractivity contribution in [2.24, 2.45) is 0 Å². The highest BCUT2D eigenvalue weighted by Crippen LogP contribution is 2.38. The third-order valence-electron chi connectivity index (χ3n) is 4.05. The number of allylic oxidation sites excluding steroid dienone is 1. The van der Waals surface area contributed by atoms with E-state index in [1.165, 1.54) is 69.1 Å². The summed E-state index contributed by atoms with van der Waals surface area (Å²) < 4.78 is 6.26. The zero-order valence-electron chi connectivity index (χ0n) is 11.2. The van der Waals surface area contributed by atoms with Crippen molar-refractivity contribution in [3.63, 3.8) is 0 Å². The number of rotatable bonds is 4. The number of ether oxygens (including phenoxy) is 1. The van der Waals surface area contributed by atoms with Crippen molar-refractivity contribution in [2.45, 2.75) is 69.5 Å². The van der Waals surface area contributed by atoms with E-state index in [9.17, 15) is 0 Å². The number of thioether (sulfide) groups is 1. The van der Waals surface area contributed by atoms with Crippen LogP contribution in [0.4, 0.5) is 0 Å².